The van der Waals surface area contributed by atoms with Gasteiger partial charge in [-0.2, -0.15) is 0 Å². The third-order valence-corrected chi connectivity index (χ3v) is 14.4. The summed E-state index contributed by atoms with van der Waals surface area (Å²) in [4.78, 5) is 17.7. The summed E-state index contributed by atoms with van der Waals surface area (Å²) in [6, 6.07) is 15.8. The number of nitrogens with zero attached hydrogens (tertiary/aromatic N) is 1. The van der Waals surface area contributed by atoms with Crippen molar-refractivity contribution in [3.63, 3.8) is 0 Å². The first-order valence-electron chi connectivity index (χ1n) is 20.0. The van der Waals surface area contributed by atoms with Crippen molar-refractivity contribution in [1.29, 1.82) is 0 Å². The first kappa shape index (κ1) is 40.6. The number of halogens is 1. The van der Waals surface area contributed by atoms with Crippen LogP contribution in [-0.2, 0) is 36.7 Å². The number of ether oxygens (including phenoxy) is 2. The Bertz CT molecular complexity index is 1790. The molecule has 0 unspecified atom stereocenters. The number of aromatic nitrogens is 1. The summed E-state index contributed by atoms with van der Waals surface area (Å²) in [5.41, 5.74) is 4.49. The summed E-state index contributed by atoms with van der Waals surface area (Å²) in [5.74, 6) is 2.02. The molecule has 1 fully saturated rings. The van der Waals surface area contributed by atoms with E-state index in [2.05, 4.69) is 42.3 Å². The van der Waals surface area contributed by atoms with Gasteiger partial charge in [0.05, 0.1) is 32.6 Å². The average Bonchev–Trinajstić information content (AvgIpc) is 3.43. The van der Waals surface area contributed by atoms with Crippen LogP contribution in [0.15, 0.2) is 54.7 Å². The van der Waals surface area contributed by atoms with Crippen LogP contribution >= 0.6 is 19.2 Å². The third kappa shape index (κ3) is 9.12. The van der Waals surface area contributed by atoms with E-state index in [0.29, 0.717) is 74.6 Å². The number of hydrogen-bond donors (Lipinski definition) is 2. The molecular weight excluding hydrogens is 723 g/mol. The quantitative estimate of drug-likeness (QED) is 0.0961. The lowest BCUT2D eigenvalue weighted by Crippen LogP contribution is -2.53. The van der Waals surface area contributed by atoms with E-state index in [-0.39, 0.29) is 5.41 Å². The number of carboxylic acids is 1. The Balaban J connectivity index is 1.18. The minimum absolute atomic E-state index is 0.191. The maximum atomic E-state index is 13.0. The lowest BCUT2D eigenvalue weighted by Gasteiger charge is -2.47. The predicted octanol–water partition coefficient (Wildman–Crippen LogP) is 10.6. The first-order valence-corrected chi connectivity index (χ1v) is 22.1. The fourth-order valence-corrected chi connectivity index (χ4v) is 11.2. The third-order valence-electron chi connectivity index (χ3n) is 12.0. The van der Waals surface area contributed by atoms with E-state index in [0.717, 1.165) is 62.1 Å². The molecule has 0 aliphatic heterocycles. The van der Waals surface area contributed by atoms with Gasteiger partial charge in [-0.3, -0.25) is 9.55 Å². The minimum atomic E-state index is -3.08. The Kier molecular flexibility index (Phi) is 13.4. The van der Waals surface area contributed by atoms with Crippen molar-refractivity contribution >= 4 is 30.9 Å². The van der Waals surface area contributed by atoms with Crippen molar-refractivity contribution in [1.82, 2.24) is 4.98 Å². The molecular formula is C43H58ClN2O7P. The van der Waals surface area contributed by atoms with Gasteiger partial charge < -0.3 is 28.9 Å². The van der Waals surface area contributed by atoms with E-state index in [1.54, 1.807) is 12.1 Å². The average molecular weight is 781 g/mol. The standard InChI is InChI=1S/C43H58ClN2O7P/c1-5-52-54(49,53-6-2)24-8-7-23-50-36-16-15-32-26-33(25-30(3)29-51-39-17-22-45-38-14-9-11-31(4)40(38)39)42(37(32)28-36)18-20-43(21-19-42,41(47)48)46-35-13-10-12-34(44)27-35/h10,12-13,15-17,22,27-28,30-31,33,46H,5-9,11,14,18-21,23-26,29H2,1-4H3,(H,47,48)/t30-,31-,33+,42?,43?/m1/s1. The molecule has 3 aliphatic rings. The maximum absolute atomic E-state index is 13.0. The molecule has 2 N–H and O–H groups in total. The smallest absolute Gasteiger partial charge is 0.330 e. The zero-order valence-corrected chi connectivity index (χ0v) is 34.1. The zero-order chi connectivity index (χ0) is 38.3. The molecule has 0 radical (unpaired) electrons. The van der Waals surface area contributed by atoms with Crippen LogP contribution in [0.4, 0.5) is 5.69 Å². The van der Waals surface area contributed by atoms with Gasteiger partial charge in [0.2, 0.25) is 0 Å². The van der Waals surface area contributed by atoms with Gasteiger partial charge in [-0.25, -0.2) is 4.79 Å². The van der Waals surface area contributed by atoms with Gasteiger partial charge in [0.25, 0.3) is 0 Å². The number of hydrogen-bond acceptors (Lipinski definition) is 8. The van der Waals surface area contributed by atoms with Crippen molar-refractivity contribution in [3.8, 4) is 11.5 Å². The molecule has 11 heteroatoms. The SMILES string of the molecule is CCOP(=O)(CCCCOc1ccc2c(c1)C1(CCC(Nc3cccc(Cl)c3)(C(=O)O)CC1)[C@@H](C[C@@H](C)COc1ccnc3c1[C@H](C)CCC3)C2)OCC. The molecule has 3 aliphatic carbocycles. The van der Waals surface area contributed by atoms with E-state index in [4.69, 9.17) is 30.1 Å². The van der Waals surface area contributed by atoms with Gasteiger partial charge in [0, 0.05) is 28.2 Å². The Morgan fingerprint density at radius 1 is 1.06 bits per heavy atom. The van der Waals surface area contributed by atoms with Crippen LogP contribution in [0.5, 0.6) is 11.5 Å². The number of pyridine rings is 1. The van der Waals surface area contributed by atoms with Crippen LogP contribution < -0.4 is 14.8 Å². The Labute approximate surface area is 326 Å². The molecule has 0 saturated heterocycles. The molecule has 3 atom stereocenters. The van der Waals surface area contributed by atoms with Crippen LogP contribution in [0.1, 0.15) is 114 Å². The molecule has 2 aromatic carbocycles. The molecule has 0 amide bonds. The monoisotopic (exact) mass is 780 g/mol. The molecule has 6 rings (SSSR count). The summed E-state index contributed by atoms with van der Waals surface area (Å²) < 4.78 is 36.7. The summed E-state index contributed by atoms with van der Waals surface area (Å²) in [7, 11) is -3.08. The normalized spacial score (nSPS) is 24.1. The highest BCUT2D eigenvalue weighted by Gasteiger charge is 2.54. The molecule has 294 valence electrons. The van der Waals surface area contributed by atoms with E-state index in [1.165, 1.54) is 28.8 Å². The fraction of sp³-hybridized carbons (Fsp3) is 0.581. The van der Waals surface area contributed by atoms with E-state index in [1.807, 2.05) is 38.2 Å². The van der Waals surface area contributed by atoms with Gasteiger partial charge in [0.1, 0.15) is 17.0 Å². The molecule has 1 spiro atoms. The summed E-state index contributed by atoms with van der Waals surface area (Å²) in [6.07, 6.45) is 11.3. The number of aryl methyl sites for hydroxylation is 1. The zero-order valence-electron chi connectivity index (χ0n) is 32.4. The molecule has 0 bridgehead atoms. The number of carbonyl (C=O) groups is 1. The lowest BCUT2D eigenvalue weighted by molar-refractivity contribution is -0.144. The summed E-state index contributed by atoms with van der Waals surface area (Å²) >= 11 is 6.29. The van der Waals surface area contributed by atoms with Crippen molar-refractivity contribution < 1.29 is 33.0 Å². The molecule has 1 heterocycles. The predicted molar refractivity (Wildman–Crippen MR) is 215 cm³/mol. The number of nitrogens with one attached hydrogen (secondary N) is 1. The summed E-state index contributed by atoms with van der Waals surface area (Å²) in [5, 5.41) is 14.6. The van der Waals surface area contributed by atoms with Crippen LogP contribution in [0, 0.1) is 11.8 Å². The van der Waals surface area contributed by atoms with Gasteiger partial charge in [0.15, 0.2) is 0 Å². The van der Waals surface area contributed by atoms with Gasteiger partial charge in [-0.05, 0) is 155 Å². The molecule has 1 saturated carbocycles. The molecule has 1 aromatic heterocycles. The van der Waals surface area contributed by atoms with E-state index in [9.17, 15) is 14.5 Å². The number of carboxylic acid groups (broad SMARTS) is 1. The highest BCUT2D eigenvalue weighted by atomic mass is 35.5. The van der Waals surface area contributed by atoms with Crippen LogP contribution in [0.3, 0.4) is 0 Å². The van der Waals surface area contributed by atoms with Crippen molar-refractivity contribution in [2.75, 3.05) is 37.9 Å². The topological polar surface area (TPSA) is 116 Å². The highest BCUT2D eigenvalue weighted by molar-refractivity contribution is 7.53. The maximum Gasteiger partial charge on any atom is 0.330 e. The number of unbranched alkanes of at least 4 members (excludes halogenated alkanes) is 1. The Morgan fingerprint density at radius 3 is 2.56 bits per heavy atom. The van der Waals surface area contributed by atoms with E-state index < -0.39 is 19.1 Å². The second-order valence-corrected chi connectivity index (χ2v) is 18.4. The fourth-order valence-electron chi connectivity index (χ4n) is 9.32. The van der Waals surface area contributed by atoms with Crippen molar-refractivity contribution in [3.05, 3.63) is 82.1 Å². The number of aliphatic carboxylic acids is 1. The van der Waals surface area contributed by atoms with Crippen LogP contribution in [-0.4, -0.2) is 54.2 Å². The number of anilines is 1. The lowest BCUT2D eigenvalue weighted by atomic mass is 9.59. The highest BCUT2D eigenvalue weighted by Crippen LogP contribution is 2.57. The largest absolute Gasteiger partial charge is 0.494 e. The Morgan fingerprint density at radius 2 is 1.83 bits per heavy atom. The van der Waals surface area contributed by atoms with Crippen LogP contribution in [0.2, 0.25) is 5.02 Å². The van der Waals surface area contributed by atoms with Gasteiger partial charge >= 0.3 is 13.6 Å². The second-order valence-electron chi connectivity index (χ2n) is 15.7. The van der Waals surface area contributed by atoms with Gasteiger partial charge in [-0.1, -0.05) is 37.6 Å². The second kappa shape index (κ2) is 17.8. The first-order chi connectivity index (χ1) is 26.0. The van der Waals surface area contributed by atoms with Crippen LogP contribution in [0.25, 0.3) is 0 Å². The number of benzene rings is 2. The molecule has 54 heavy (non-hydrogen) atoms. The van der Waals surface area contributed by atoms with Crippen molar-refractivity contribution in [2.24, 2.45) is 11.8 Å². The van der Waals surface area contributed by atoms with Gasteiger partial charge in [-0.15, -0.1) is 0 Å². The number of rotatable bonds is 18. The molecule has 3 aromatic rings. The number of fused-ring (bicyclic) bond motifs is 3. The van der Waals surface area contributed by atoms with E-state index >= 15 is 0 Å². The van der Waals surface area contributed by atoms with Crippen molar-refractivity contribution in [2.45, 2.75) is 115 Å². The molecule has 9 nitrogen and oxygen atoms in total. The Hall–Kier alpha value is -3.10. The minimum Gasteiger partial charge on any atom is -0.494 e. The summed E-state index contributed by atoms with van der Waals surface area (Å²) in [6.45, 7) is 10.0.